The summed E-state index contributed by atoms with van der Waals surface area (Å²) in [5.74, 6) is 0. The quantitative estimate of drug-likeness (QED) is 0.262. The van der Waals surface area contributed by atoms with Crippen LogP contribution in [0, 0.1) is 0 Å². The second-order valence-electron chi connectivity index (χ2n) is 9.63. The molecule has 0 saturated carbocycles. The molecule has 0 bridgehead atoms. The van der Waals surface area contributed by atoms with Crippen LogP contribution in [0.4, 0.5) is 0 Å². The Hall–Kier alpha value is -4.70. The maximum absolute atomic E-state index is 4.16. The van der Waals surface area contributed by atoms with Gasteiger partial charge < -0.3 is 9.13 Å². The van der Waals surface area contributed by atoms with Crippen LogP contribution >= 0.6 is 0 Å². The van der Waals surface area contributed by atoms with Crippen molar-refractivity contribution in [2.45, 2.75) is 19.3 Å². The molecule has 1 aliphatic carbocycles. The Kier molecular flexibility index (Phi) is 5.29. The molecule has 0 radical (unpaired) electrons. The minimum atomic E-state index is 1.10. The molecule has 0 atom stereocenters. The number of fused-ring (bicyclic) bond motifs is 3. The highest BCUT2D eigenvalue weighted by Crippen LogP contribution is 2.36. The first-order chi connectivity index (χ1) is 18.3. The van der Waals surface area contributed by atoms with Crippen molar-refractivity contribution in [3.63, 3.8) is 0 Å². The zero-order valence-corrected chi connectivity index (χ0v) is 20.5. The Morgan fingerprint density at radius 3 is 1.41 bits per heavy atom. The van der Waals surface area contributed by atoms with Crippen molar-refractivity contribution in [3.05, 3.63) is 133 Å². The van der Waals surface area contributed by atoms with Gasteiger partial charge >= 0.3 is 0 Å². The summed E-state index contributed by atoms with van der Waals surface area (Å²) in [5, 5.41) is 0. The van der Waals surface area contributed by atoms with E-state index in [9.17, 15) is 0 Å². The molecule has 4 aromatic heterocycles. The number of rotatable bonds is 4. The van der Waals surface area contributed by atoms with Gasteiger partial charge in [0.15, 0.2) is 0 Å². The Balaban J connectivity index is 1.26. The molecule has 0 fully saturated rings. The van der Waals surface area contributed by atoms with Crippen molar-refractivity contribution >= 4 is 0 Å². The van der Waals surface area contributed by atoms with Crippen LogP contribution in [0.15, 0.2) is 122 Å². The van der Waals surface area contributed by atoms with Gasteiger partial charge in [-0.15, -0.1) is 0 Å². The smallest absolute Gasteiger partial charge is 0.0455 e. The number of hydrogen-bond donors (Lipinski definition) is 0. The van der Waals surface area contributed by atoms with E-state index in [0.717, 1.165) is 19.3 Å². The van der Waals surface area contributed by atoms with Crippen LogP contribution in [0.1, 0.15) is 17.5 Å². The standard InChI is InChI=1S/C33H26N4/c1-6-28-20-36(30-8-2-4-26(18-30)24-10-14-34-15-11-24)22-32(28)33-23-37(21-29(33)7-1)31-9-3-5-27(19-31)25-12-16-35-17-13-25/h2-5,8-23H,1,6-7H2. The van der Waals surface area contributed by atoms with Gasteiger partial charge in [-0.05, 0) is 101 Å². The molecular formula is C33H26N4. The largest absolute Gasteiger partial charge is 0.323 e. The van der Waals surface area contributed by atoms with E-state index in [1.807, 2.05) is 24.8 Å². The van der Waals surface area contributed by atoms with Crippen molar-refractivity contribution in [1.29, 1.82) is 0 Å². The van der Waals surface area contributed by atoms with E-state index < -0.39 is 0 Å². The third-order valence-electron chi connectivity index (χ3n) is 7.32. The summed E-state index contributed by atoms with van der Waals surface area (Å²) in [5.41, 5.74) is 12.6. The van der Waals surface area contributed by atoms with Gasteiger partial charge in [-0.3, -0.25) is 9.97 Å². The average molecular weight is 479 g/mol. The minimum absolute atomic E-state index is 1.10. The van der Waals surface area contributed by atoms with Gasteiger partial charge in [0.05, 0.1) is 0 Å². The van der Waals surface area contributed by atoms with Gasteiger partial charge in [-0.25, -0.2) is 0 Å². The lowest BCUT2D eigenvalue weighted by atomic mass is 10.1. The van der Waals surface area contributed by atoms with E-state index in [4.69, 9.17) is 0 Å². The summed E-state index contributed by atoms with van der Waals surface area (Å²) >= 11 is 0. The summed E-state index contributed by atoms with van der Waals surface area (Å²) in [4.78, 5) is 8.32. The van der Waals surface area contributed by atoms with E-state index in [1.165, 1.54) is 55.9 Å². The van der Waals surface area contributed by atoms with Crippen LogP contribution in [0.5, 0.6) is 0 Å². The van der Waals surface area contributed by atoms with Gasteiger partial charge in [0.1, 0.15) is 0 Å². The average Bonchev–Trinajstić information content (AvgIpc) is 3.55. The van der Waals surface area contributed by atoms with Gasteiger partial charge in [-0.2, -0.15) is 0 Å². The number of aromatic nitrogens is 4. The first kappa shape index (κ1) is 21.6. The molecule has 7 rings (SSSR count). The third kappa shape index (κ3) is 4.07. The predicted octanol–water partition coefficient (Wildman–Crippen LogP) is 7.55. The van der Waals surface area contributed by atoms with E-state index in [-0.39, 0.29) is 0 Å². The molecule has 4 heterocycles. The molecule has 4 nitrogen and oxygen atoms in total. The second kappa shape index (κ2) is 9.07. The zero-order chi connectivity index (χ0) is 24.6. The van der Waals surface area contributed by atoms with Gasteiger partial charge in [0, 0.05) is 72.1 Å². The molecular weight excluding hydrogens is 452 g/mol. The number of hydrogen-bond acceptors (Lipinski definition) is 2. The van der Waals surface area contributed by atoms with Crippen LogP contribution in [0.25, 0.3) is 44.8 Å². The fourth-order valence-corrected chi connectivity index (χ4v) is 5.43. The monoisotopic (exact) mass is 478 g/mol. The lowest BCUT2D eigenvalue weighted by Crippen LogP contribution is -1.92. The fraction of sp³-hybridized carbons (Fsp3) is 0.0909. The van der Waals surface area contributed by atoms with Crippen LogP contribution in [-0.4, -0.2) is 19.1 Å². The summed E-state index contributed by atoms with van der Waals surface area (Å²) in [7, 11) is 0. The molecule has 6 aromatic rings. The maximum atomic E-state index is 4.16. The van der Waals surface area contributed by atoms with Crippen molar-refractivity contribution in [2.24, 2.45) is 0 Å². The van der Waals surface area contributed by atoms with Crippen LogP contribution < -0.4 is 0 Å². The minimum Gasteiger partial charge on any atom is -0.323 e. The molecule has 37 heavy (non-hydrogen) atoms. The van der Waals surface area contributed by atoms with E-state index in [2.05, 4.69) is 117 Å². The fourth-order valence-electron chi connectivity index (χ4n) is 5.43. The van der Waals surface area contributed by atoms with Gasteiger partial charge in [0.2, 0.25) is 0 Å². The van der Waals surface area contributed by atoms with Crippen molar-refractivity contribution in [1.82, 2.24) is 19.1 Å². The first-order valence-corrected chi connectivity index (χ1v) is 12.8. The molecule has 0 spiro atoms. The molecule has 178 valence electrons. The topological polar surface area (TPSA) is 35.6 Å². The van der Waals surface area contributed by atoms with E-state index in [1.54, 1.807) is 0 Å². The molecule has 2 aromatic carbocycles. The number of aryl methyl sites for hydroxylation is 2. The highest BCUT2D eigenvalue weighted by Gasteiger charge is 2.19. The summed E-state index contributed by atoms with van der Waals surface area (Å²) < 4.78 is 4.57. The zero-order valence-electron chi connectivity index (χ0n) is 20.5. The van der Waals surface area contributed by atoms with E-state index >= 15 is 0 Å². The molecule has 0 unspecified atom stereocenters. The lowest BCUT2D eigenvalue weighted by molar-refractivity contribution is 0.828. The lowest BCUT2D eigenvalue weighted by Gasteiger charge is -2.07. The van der Waals surface area contributed by atoms with Crippen molar-refractivity contribution in [2.75, 3.05) is 0 Å². The van der Waals surface area contributed by atoms with Crippen LogP contribution in [-0.2, 0) is 12.8 Å². The Morgan fingerprint density at radius 1 is 0.486 bits per heavy atom. The summed E-state index contributed by atoms with van der Waals surface area (Å²) in [6.07, 6.45) is 20.0. The molecule has 0 aliphatic heterocycles. The predicted molar refractivity (Wildman–Crippen MR) is 149 cm³/mol. The highest BCUT2D eigenvalue weighted by molar-refractivity contribution is 5.74. The molecule has 4 heteroatoms. The Bertz CT molecular complexity index is 1570. The summed E-state index contributed by atoms with van der Waals surface area (Å²) in [6, 6.07) is 25.7. The Morgan fingerprint density at radius 2 is 0.946 bits per heavy atom. The molecule has 1 aliphatic rings. The molecule has 0 amide bonds. The normalized spacial score (nSPS) is 12.5. The maximum Gasteiger partial charge on any atom is 0.0455 e. The van der Waals surface area contributed by atoms with Gasteiger partial charge in [0.25, 0.3) is 0 Å². The van der Waals surface area contributed by atoms with Crippen LogP contribution in [0.2, 0.25) is 0 Å². The molecule has 0 saturated heterocycles. The first-order valence-electron chi connectivity index (χ1n) is 12.8. The van der Waals surface area contributed by atoms with Gasteiger partial charge in [-0.1, -0.05) is 24.3 Å². The number of benzene rings is 2. The Labute approximate surface area is 216 Å². The van der Waals surface area contributed by atoms with E-state index in [0.29, 0.717) is 0 Å². The van der Waals surface area contributed by atoms with Crippen molar-refractivity contribution in [3.8, 4) is 44.8 Å². The summed E-state index contributed by atoms with van der Waals surface area (Å²) in [6.45, 7) is 0. The number of pyridine rings is 2. The van der Waals surface area contributed by atoms with Crippen molar-refractivity contribution < 1.29 is 0 Å². The molecule has 0 N–H and O–H groups in total. The highest BCUT2D eigenvalue weighted by atomic mass is 15.0. The second-order valence-corrected chi connectivity index (χ2v) is 9.63. The van der Waals surface area contributed by atoms with Crippen LogP contribution in [0.3, 0.4) is 0 Å². The number of nitrogens with zero attached hydrogens (tertiary/aromatic N) is 4. The SMILES string of the molecule is c1cc(-c2ccncc2)cc(-n2cc3c(c2)-c2cn(-c4cccc(-c5ccncc5)c4)cc2CCC3)c1. The third-order valence-corrected chi connectivity index (χ3v) is 7.32.